The molecule has 2 fully saturated rings. The molecule has 4 atom stereocenters. The fourth-order valence-corrected chi connectivity index (χ4v) is 4.44. The van der Waals surface area contributed by atoms with E-state index >= 15 is 0 Å². The van der Waals surface area contributed by atoms with Crippen LogP contribution in [0.1, 0.15) is 42.4 Å². The number of nitrogens with zero attached hydrogens (tertiary/aromatic N) is 2. The van der Waals surface area contributed by atoms with E-state index in [1.54, 1.807) is 0 Å². The predicted molar refractivity (Wildman–Crippen MR) is 62.6 cm³/mol. The van der Waals surface area contributed by atoms with Gasteiger partial charge in [0.15, 0.2) is 16.9 Å². The quantitative estimate of drug-likeness (QED) is 0.844. The second-order valence-electron chi connectivity index (χ2n) is 4.80. The summed E-state index contributed by atoms with van der Waals surface area (Å²) in [7, 11) is 0. The summed E-state index contributed by atoms with van der Waals surface area (Å²) in [6.07, 6.45) is 5.32. The van der Waals surface area contributed by atoms with Crippen molar-refractivity contribution in [1.29, 1.82) is 0 Å². The average molecular weight is 258 g/mol. The molecule has 0 radical (unpaired) electrons. The van der Waals surface area contributed by atoms with Gasteiger partial charge < -0.3 is 4.55 Å². The summed E-state index contributed by atoms with van der Waals surface area (Å²) < 4.78 is 23.6. The molecule has 1 aromatic heterocycles. The maximum Gasteiger partial charge on any atom is 0.160 e. The highest BCUT2D eigenvalue weighted by atomic mass is 32.2. The van der Waals surface area contributed by atoms with Gasteiger partial charge in [-0.2, -0.15) is 4.37 Å². The number of hydrogen-bond donors (Lipinski definition) is 1. The van der Waals surface area contributed by atoms with E-state index in [1.165, 1.54) is 37.2 Å². The van der Waals surface area contributed by atoms with Crippen LogP contribution >= 0.6 is 11.5 Å². The molecule has 0 saturated heterocycles. The molecule has 2 bridgehead atoms. The van der Waals surface area contributed by atoms with E-state index in [0.29, 0.717) is 11.7 Å². The lowest BCUT2D eigenvalue weighted by Gasteiger charge is -2.18. The van der Waals surface area contributed by atoms with Gasteiger partial charge in [-0.25, -0.2) is 9.19 Å². The summed E-state index contributed by atoms with van der Waals surface area (Å²) in [6, 6.07) is 0. The molecule has 1 heterocycles. The Hall–Kier alpha value is -0.330. The predicted octanol–water partition coefficient (Wildman–Crippen LogP) is 2.16. The van der Waals surface area contributed by atoms with Crippen molar-refractivity contribution < 1.29 is 8.76 Å². The first-order valence-electron chi connectivity index (χ1n) is 5.62. The fraction of sp³-hybridized carbons (Fsp3) is 0.800. The molecule has 1 aromatic rings. The highest BCUT2D eigenvalue weighted by Gasteiger charge is 2.41. The van der Waals surface area contributed by atoms with E-state index in [9.17, 15) is 4.21 Å². The van der Waals surface area contributed by atoms with Crippen LogP contribution < -0.4 is 0 Å². The lowest BCUT2D eigenvalue weighted by molar-refractivity contribution is 0.418. The van der Waals surface area contributed by atoms with Crippen LogP contribution in [0.25, 0.3) is 0 Å². The molecule has 0 amide bonds. The minimum absolute atomic E-state index is 0.0668. The zero-order valence-corrected chi connectivity index (χ0v) is 10.5. The van der Waals surface area contributed by atoms with Crippen molar-refractivity contribution in [2.24, 2.45) is 11.8 Å². The van der Waals surface area contributed by atoms with Gasteiger partial charge in [0, 0.05) is 5.92 Å². The molecule has 0 aliphatic heterocycles. The molecule has 0 spiro atoms. The summed E-state index contributed by atoms with van der Waals surface area (Å²) in [6.45, 7) is 0. The Bertz CT molecular complexity index is 421. The maximum absolute atomic E-state index is 10.7. The van der Waals surface area contributed by atoms with E-state index < -0.39 is 11.1 Å². The van der Waals surface area contributed by atoms with Crippen molar-refractivity contribution >= 4 is 22.6 Å². The van der Waals surface area contributed by atoms with Crippen molar-refractivity contribution in [3.8, 4) is 0 Å². The van der Waals surface area contributed by atoms with Crippen LogP contribution in [0.15, 0.2) is 0 Å². The molecule has 16 heavy (non-hydrogen) atoms. The first kappa shape index (κ1) is 10.8. The van der Waals surface area contributed by atoms with E-state index in [1.807, 2.05) is 0 Å². The summed E-state index contributed by atoms with van der Waals surface area (Å²) in [5.41, 5.74) is 0. The van der Waals surface area contributed by atoms with Gasteiger partial charge in [0.1, 0.15) is 10.8 Å². The first-order chi connectivity index (χ1) is 7.72. The third-order valence-electron chi connectivity index (χ3n) is 3.79. The van der Waals surface area contributed by atoms with Gasteiger partial charge in [-0.15, -0.1) is 0 Å². The van der Waals surface area contributed by atoms with Gasteiger partial charge in [0.2, 0.25) is 0 Å². The van der Waals surface area contributed by atoms with Gasteiger partial charge in [-0.05, 0) is 42.6 Å². The number of hydrogen-bond acceptors (Lipinski definition) is 4. The standard InChI is InChI=1S/C10H14N2O2S2/c13-16(14)5-9-11-10(15-12-9)8-4-6-1-2-7(8)3-6/h6-8H,1-5H2,(H,13,14). The fourth-order valence-electron chi connectivity index (χ4n) is 3.13. The number of rotatable bonds is 3. The molecule has 1 N–H and O–H groups in total. The molecule has 3 rings (SSSR count). The monoisotopic (exact) mass is 258 g/mol. The van der Waals surface area contributed by atoms with E-state index in [0.717, 1.165) is 16.8 Å². The zero-order chi connectivity index (χ0) is 11.1. The lowest BCUT2D eigenvalue weighted by atomic mass is 9.89. The normalized spacial score (nSPS) is 34.4. The van der Waals surface area contributed by atoms with Gasteiger partial charge in [-0.1, -0.05) is 6.42 Å². The topological polar surface area (TPSA) is 63.1 Å². The SMILES string of the molecule is O=S(O)Cc1nsc(C2CC3CCC2C3)n1. The molecule has 4 unspecified atom stereocenters. The van der Waals surface area contributed by atoms with Crippen molar-refractivity contribution in [3.05, 3.63) is 10.8 Å². The smallest absolute Gasteiger partial charge is 0.160 e. The molecular formula is C10H14N2O2S2. The highest BCUT2D eigenvalue weighted by molar-refractivity contribution is 7.78. The molecule has 2 aliphatic carbocycles. The van der Waals surface area contributed by atoms with Crippen LogP contribution in [-0.2, 0) is 16.8 Å². The molecule has 4 nitrogen and oxygen atoms in total. The Morgan fingerprint density at radius 3 is 2.94 bits per heavy atom. The van der Waals surface area contributed by atoms with Gasteiger partial charge in [0.25, 0.3) is 0 Å². The van der Waals surface area contributed by atoms with E-state index in [4.69, 9.17) is 4.55 Å². The Labute approximate surface area is 101 Å². The molecule has 2 saturated carbocycles. The second kappa shape index (κ2) is 4.16. The largest absolute Gasteiger partial charge is 0.306 e. The Morgan fingerprint density at radius 1 is 1.44 bits per heavy atom. The third-order valence-corrected chi connectivity index (χ3v) is 5.18. The van der Waals surface area contributed by atoms with Crippen LogP contribution in [0, 0.1) is 11.8 Å². The van der Waals surface area contributed by atoms with Crippen LogP contribution in [0.2, 0.25) is 0 Å². The molecule has 0 aromatic carbocycles. The molecule has 6 heteroatoms. The lowest BCUT2D eigenvalue weighted by Crippen LogP contribution is -2.08. The Balaban J connectivity index is 1.75. The number of aromatic nitrogens is 2. The summed E-state index contributed by atoms with van der Waals surface area (Å²) in [5, 5.41) is 1.09. The summed E-state index contributed by atoms with van der Waals surface area (Å²) in [5.74, 6) is 2.87. The van der Waals surface area contributed by atoms with Crippen molar-refractivity contribution in [2.75, 3.05) is 0 Å². The van der Waals surface area contributed by atoms with Crippen molar-refractivity contribution in [1.82, 2.24) is 9.36 Å². The molecule has 2 aliphatic rings. The summed E-state index contributed by atoms with van der Waals surface area (Å²) in [4.78, 5) is 4.41. The van der Waals surface area contributed by atoms with Crippen LogP contribution in [0.3, 0.4) is 0 Å². The van der Waals surface area contributed by atoms with Crippen LogP contribution in [0.4, 0.5) is 0 Å². The van der Waals surface area contributed by atoms with Crippen LogP contribution in [-0.4, -0.2) is 18.1 Å². The van der Waals surface area contributed by atoms with Crippen LogP contribution in [0.5, 0.6) is 0 Å². The van der Waals surface area contributed by atoms with Gasteiger partial charge in [0.05, 0.1) is 0 Å². The summed E-state index contributed by atoms with van der Waals surface area (Å²) >= 11 is -0.403. The average Bonchev–Trinajstić information content (AvgIpc) is 2.89. The first-order valence-corrected chi connectivity index (χ1v) is 7.67. The molecule has 88 valence electrons. The van der Waals surface area contributed by atoms with Crippen molar-refractivity contribution in [2.45, 2.75) is 37.4 Å². The Kier molecular flexibility index (Phi) is 2.81. The maximum atomic E-state index is 10.7. The van der Waals surface area contributed by atoms with E-state index in [2.05, 4.69) is 9.36 Å². The second-order valence-corrected chi connectivity index (χ2v) is 6.51. The van der Waals surface area contributed by atoms with Crippen molar-refractivity contribution in [3.63, 3.8) is 0 Å². The minimum Gasteiger partial charge on any atom is -0.306 e. The molecular weight excluding hydrogens is 244 g/mol. The third kappa shape index (κ3) is 1.94. The number of fused-ring (bicyclic) bond motifs is 2. The highest BCUT2D eigenvalue weighted by Crippen LogP contribution is 2.53. The Morgan fingerprint density at radius 2 is 2.31 bits per heavy atom. The van der Waals surface area contributed by atoms with E-state index in [-0.39, 0.29) is 5.75 Å². The van der Waals surface area contributed by atoms with Gasteiger partial charge >= 0.3 is 0 Å². The zero-order valence-electron chi connectivity index (χ0n) is 8.83. The van der Waals surface area contributed by atoms with Gasteiger partial charge in [-0.3, -0.25) is 0 Å². The minimum atomic E-state index is -1.82.